The molecular formula is C15H11F6O6P. The van der Waals surface area contributed by atoms with Crippen molar-refractivity contribution in [3.8, 4) is 40.1 Å². The van der Waals surface area contributed by atoms with E-state index >= 15 is 0 Å². The number of hydrogen-bond donors (Lipinski definition) is 5. The largest absolute Gasteiger partial charge is 0.507 e. The first-order chi connectivity index (χ1) is 12.4. The first-order valence-corrected chi connectivity index (χ1v) is 9.04. The molecule has 0 aliphatic rings. The Kier molecular flexibility index (Phi) is 4.48. The number of hydrogen-bond acceptors (Lipinski definition) is 5. The van der Waals surface area contributed by atoms with E-state index in [2.05, 4.69) is 0 Å². The predicted octanol–water partition coefficient (Wildman–Crippen LogP) is 6.29. The Morgan fingerprint density at radius 1 is 0.679 bits per heavy atom. The van der Waals surface area contributed by atoms with Crippen molar-refractivity contribution >= 4 is 18.8 Å². The number of halogens is 6. The minimum absolute atomic E-state index is 0.128. The molecule has 28 heavy (non-hydrogen) atoms. The summed E-state index contributed by atoms with van der Waals surface area (Å²) in [6, 6.07) is 8.08. The molecule has 0 aliphatic carbocycles. The van der Waals surface area contributed by atoms with Crippen molar-refractivity contribution in [3.05, 3.63) is 36.4 Å². The van der Waals surface area contributed by atoms with Crippen LogP contribution in [0.4, 0.5) is 25.2 Å². The molecule has 0 saturated heterocycles. The number of phenolic OH excluding ortho intramolecular Hbond substituents is 5. The Labute approximate surface area is 151 Å². The second-order valence-electron chi connectivity index (χ2n) is 5.50. The molecule has 3 aromatic rings. The van der Waals surface area contributed by atoms with Crippen LogP contribution in [0, 0.1) is 0 Å². The SMILES string of the molecule is F[P-](F)(F)(F)(F)F.Oc1cc(O)c2ccc(-c3cc(O)c(O)c(O)c3)[o+]c2c1. The van der Waals surface area contributed by atoms with Crippen LogP contribution < -0.4 is 0 Å². The van der Waals surface area contributed by atoms with Gasteiger partial charge in [0.05, 0.1) is 11.6 Å². The van der Waals surface area contributed by atoms with E-state index in [1.165, 1.54) is 30.3 Å². The van der Waals surface area contributed by atoms with Crippen LogP contribution >= 0.6 is 7.81 Å². The molecular weight excluding hydrogens is 421 g/mol. The van der Waals surface area contributed by atoms with Crippen molar-refractivity contribution in [2.75, 3.05) is 0 Å². The Hall–Kier alpha value is -3.14. The van der Waals surface area contributed by atoms with Crippen LogP contribution in [-0.4, -0.2) is 25.5 Å². The molecule has 0 aliphatic heterocycles. The third kappa shape index (κ3) is 6.23. The molecule has 13 heteroatoms. The van der Waals surface area contributed by atoms with E-state index < -0.39 is 25.1 Å². The van der Waals surface area contributed by atoms with Gasteiger partial charge in [0.2, 0.25) is 0 Å². The Morgan fingerprint density at radius 3 is 1.68 bits per heavy atom. The van der Waals surface area contributed by atoms with E-state index in [0.717, 1.165) is 0 Å². The molecule has 0 amide bonds. The first kappa shape index (κ1) is 21.2. The maximum atomic E-state index is 9.87. The average Bonchev–Trinajstić information content (AvgIpc) is 2.48. The van der Waals surface area contributed by atoms with Gasteiger partial charge in [0.15, 0.2) is 17.2 Å². The maximum absolute atomic E-state index is 10.7. The van der Waals surface area contributed by atoms with Crippen LogP contribution in [0.15, 0.2) is 40.8 Å². The number of fused-ring (bicyclic) bond motifs is 1. The van der Waals surface area contributed by atoms with Crippen molar-refractivity contribution in [3.63, 3.8) is 0 Å². The second kappa shape index (κ2) is 5.93. The van der Waals surface area contributed by atoms with E-state index in [-0.39, 0.29) is 22.8 Å². The molecule has 0 spiro atoms. The van der Waals surface area contributed by atoms with Gasteiger partial charge in [-0.15, -0.1) is 0 Å². The van der Waals surface area contributed by atoms with Crippen LogP contribution in [0.1, 0.15) is 0 Å². The first-order valence-electron chi connectivity index (χ1n) is 7.01. The average molecular weight is 432 g/mol. The molecule has 0 radical (unpaired) electrons. The molecule has 5 N–H and O–H groups in total. The topological polar surface area (TPSA) is 112 Å². The van der Waals surface area contributed by atoms with Gasteiger partial charge in [0.1, 0.15) is 16.9 Å². The van der Waals surface area contributed by atoms with Gasteiger partial charge < -0.3 is 25.5 Å². The second-order valence-corrected chi connectivity index (χ2v) is 7.41. The monoisotopic (exact) mass is 432 g/mol. The summed E-state index contributed by atoms with van der Waals surface area (Å²) < 4.78 is 64.7. The molecule has 2 aromatic carbocycles. The predicted molar refractivity (Wildman–Crippen MR) is 87.9 cm³/mol. The molecule has 1 heterocycles. The molecule has 0 bridgehead atoms. The fourth-order valence-corrected chi connectivity index (χ4v) is 2.06. The van der Waals surface area contributed by atoms with E-state index in [4.69, 9.17) is 4.42 Å². The fourth-order valence-electron chi connectivity index (χ4n) is 2.06. The third-order valence-corrected chi connectivity index (χ3v) is 3.08. The van der Waals surface area contributed by atoms with Crippen LogP contribution in [0.25, 0.3) is 22.3 Å². The fraction of sp³-hybridized carbons (Fsp3) is 0. The molecule has 154 valence electrons. The van der Waals surface area contributed by atoms with Gasteiger partial charge in [-0.3, -0.25) is 0 Å². The van der Waals surface area contributed by atoms with Gasteiger partial charge in [0, 0.05) is 24.3 Å². The summed E-state index contributed by atoms with van der Waals surface area (Å²) >= 11 is 0. The van der Waals surface area contributed by atoms with E-state index in [1.807, 2.05) is 0 Å². The smallest absolute Gasteiger partial charge is 0.368 e. The quantitative estimate of drug-likeness (QED) is 0.134. The molecule has 0 unspecified atom stereocenters. The molecule has 0 saturated carbocycles. The Morgan fingerprint density at radius 2 is 1.18 bits per heavy atom. The molecule has 1 aromatic heterocycles. The number of rotatable bonds is 1. The zero-order chi connectivity index (χ0) is 21.6. The molecule has 0 fully saturated rings. The van der Waals surface area contributed by atoms with Crippen molar-refractivity contribution in [2.45, 2.75) is 0 Å². The van der Waals surface area contributed by atoms with Gasteiger partial charge >= 0.3 is 44.3 Å². The number of aromatic hydroxyl groups is 5. The summed E-state index contributed by atoms with van der Waals surface area (Å²) in [5, 5.41) is 47.9. The van der Waals surface area contributed by atoms with Gasteiger partial charge in [-0.05, 0) is 6.07 Å². The van der Waals surface area contributed by atoms with E-state index in [0.29, 0.717) is 10.9 Å². The third-order valence-electron chi connectivity index (χ3n) is 3.08. The summed E-state index contributed by atoms with van der Waals surface area (Å²) in [7, 11) is -10.7. The van der Waals surface area contributed by atoms with E-state index in [1.54, 1.807) is 6.07 Å². The van der Waals surface area contributed by atoms with Gasteiger partial charge in [-0.2, -0.15) is 0 Å². The zero-order valence-corrected chi connectivity index (χ0v) is 14.2. The summed E-state index contributed by atoms with van der Waals surface area (Å²) in [6.07, 6.45) is 0. The summed E-state index contributed by atoms with van der Waals surface area (Å²) in [6.45, 7) is 0. The van der Waals surface area contributed by atoms with Crippen LogP contribution in [0.2, 0.25) is 0 Å². The summed E-state index contributed by atoms with van der Waals surface area (Å²) in [4.78, 5) is 0. The van der Waals surface area contributed by atoms with Crippen molar-refractivity contribution in [2.24, 2.45) is 0 Å². The van der Waals surface area contributed by atoms with Crippen molar-refractivity contribution < 1.29 is 55.1 Å². The van der Waals surface area contributed by atoms with Crippen molar-refractivity contribution in [1.82, 2.24) is 0 Å². The Balaban J connectivity index is 0.000000345. The summed E-state index contributed by atoms with van der Waals surface area (Å²) in [5.41, 5.74) is 0.560. The molecule has 3 rings (SSSR count). The van der Waals surface area contributed by atoms with Gasteiger partial charge in [0.25, 0.3) is 0 Å². The van der Waals surface area contributed by atoms with Gasteiger partial charge in [-0.25, -0.2) is 4.42 Å². The number of phenols is 5. The minimum Gasteiger partial charge on any atom is -0.507 e. The molecule has 0 atom stereocenters. The Bertz CT molecular complexity index is 1030. The summed E-state index contributed by atoms with van der Waals surface area (Å²) in [5.74, 6) is -1.60. The standard InChI is InChI=1S/C15H10O6.F6P/c16-8-5-10(17)9-1-2-13(21-14(9)6-8)7-3-11(18)15(20)12(19)4-7;1-7(2,3,4,5)6/h1-6H,(H4-,16,17,18,19,20);/q;-1/p+1. The zero-order valence-electron chi connectivity index (χ0n) is 13.3. The van der Waals surface area contributed by atoms with Crippen LogP contribution in [-0.2, 0) is 0 Å². The van der Waals surface area contributed by atoms with Crippen molar-refractivity contribution in [1.29, 1.82) is 0 Å². The minimum atomic E-state index is -10.7. The van der Waals surface area contributed by atoms with Crippen LogP contribution in [0.3, 0.4) is 0 Å². The maximum Gasteiger partial charge on any atom is 0.368 e. The van der Waals surface area contributed by atoms with Gasteiger partial charge in [-0.1, -0.05) is 0 Å². The number of benzene rings is 2. The normalized spacial score (nSPS) is 13.9. The molecule has 6 nitrogen and oxygen atoms in total. The van der Waals surface area contributed by atoms with Crippen LogP contribution in [0.5, 0.6) is 28.7 Å². The van der Waals surface area contributed by atoms with E-state index in [9.17, 15) is 50.7 Å².